The highest BCUT2D eigenvalue weighted by molar-refractivity contribution is 5.87. The Balaban J connectivity index is 2.28. The molecule has 0 spiro atoms. The van der Waals surface area contributed by atoms with Crippen molar-refractivity contribution >= 4 is 10.8 Å². The molecule has 20 heavy (non-hydrogen) atoms. The van der Waals surface area contributed by atoms with Crippen LogP contribution in [-0.2, 0) is 6.54 Å². The highest BCUT2D eigenvalue weighted by Crippen LogP contribution is 2.28. The maximum atomic E-state index is 5.95. The van der Waals surface area contributed by atoms with Gasteiger partial charge in [0.25, 0.3) is 0 Å². The van der Waals surface area contributed by atoms with Crippen molar-refractivity contribution in [3.05, 3.63) is 54.6 Å². The lowest BCUT2D eigenvalue weighted by Gasteiger charge is -2.14. The van der Waals surface area contributed by atoms with Crippen LogP contribution >= 0.6 is 0 Å². The molecule has 0 aliphatic rings. The molecule has 0 atom stereocenters. The molecule has 106 valence electrons. The SMILES string of the molecule is C=CCNCc1c(OCCCC)ccc2ccccc12. The van der Waals surface area contributed by atoms with Crippen LogP contribution in [0.25, 0.3) is 10.8 Å². The normalized spacial score (nSPS) is 10.7. The van der Waals surface area contributed by atoms with Crippen LogP contribution in [0.2, 0.25) is 0 Å². The fourth-order valence-electron chi connectivity index (χ4n) is 2.26. The van der Waals surface area contributed by atoms with Crippen molar-refractivity contribution in [2.45, 2.75) is 26.3 Å². The molecule has 0 saturated carbocycles. The van der Waals surface area contributed by atoms with Gasteiger partial charge in [0.1, 0.15) is 5.75 Å². The van der Waals surface area contributed by atoms with Gasteiger partial charge < -0.3 is 10.1 Å². The number of unbranched alkanes of at least 4 members (excludes halogenated alkanes) is 1. The Labute approximate surface area is 121 Å². The van der Waals surface area contributed by atoms with E-state index in [1.54, 1.807) is 0 Å². The summed E-state index contributed by atoms with van der Waals surface area (Å²) in [6.07, 6.45) is 4.12. The van der Waals surface area contributed by atoms with E-state index in [-0.39, 0.29) is 0 Å². The van der Waals surface area contributed by atoms with E-state index in [0.717, 1.165) is 38.3 Å². The first-order valence-corrected chi connectivity index (χ1v) is 7.32. The number of benzene rings is 2. The van der Waals surface area contributed by atoms with Crippen molar-refractivity contribution in [1.29, 1.82) is 0 Å². The molecule has 2 nitrogen and oxygen atoms in total. The molecule has 0 bridgehead atoms. The predicted molar refractivity (Wildman–Crippen MR) is 86.3 cm³/mol. The first kappa shape index (κ1) is 14.6. The topological polar surface area (TPSA) is 21.3 Å². The van der Waals surface area contributed by atoms with Gasteiger partial charge in [0, 0.05) is 18.7 Å². The monoisotopic (exact) mass is 269 g/mol. The predicted octanol–water partition coefficient (Wildman–Crippen LogP) is 4.29. The van der Waals surface area contributed by atoms with Crippen molar-refractivity contribution in [2.24, 2.45) is 0 Å². The van der Waals surface area contributed by atoms with Crippen LogP contribution in [0.5, 0.6) is 5.75 Å². The first-order chi connectivity index (χ1) is 9.86. The van der Waals surface area contributed by atoms with Gasteiger partial charge in [0.15, 0.2) is 0 Å². The van der Waals surface area contributed by atoms with Crippen molar-refractivity contribution in [1.82, 2.24) is 5.32 Å². The summed E-state index contributed by atoms with van der Waals surface area (Å²) in [6, 6.07) is 12.7. The summed E-state index contributed by atoms with van der Waals surface area (Å²) in [5.41, 5.74) is 1.24. The minimum atomic E-state index is 0.781. The van der Waals surface area contributed by atoms with Gasteiger partial charge >= 0.3 is 0 Å². The van der Waals surface area contributed by atoms with E-state index in [1.807, 2.05) is 6.08 Å². The Morgan fingerprint density at radius 3 is 2.85 bits per heavy atom. The minimum Gasteiger partial charge on any atom is -0.493 e. The Bertz CT molecular complexity index is 562. The minimum absolute atomic E-state index is 0.781. The molecule has 2 aromatic rings. The number of ether oxygens (including phenoxy) is 1. The lowest BCUT2D eigenvalue weighted by molar-refractivity contribution is 0.306. The molecule has 0 aliphatic heterocycles. The Morgan fingerprint density at radius 2 is 2.05 bits per heavy atom. The largest absolute Gasteiger partial charge is 0.493 e. The third-order valence-corrected chi connectivity index (χ3v) is 3.34. The van der Waals surface area contributed by atoms with Gasteiger partial charge in [-0.3, -0.25) is 0 Å². The summed E-state index contributed by atoms with van der Waals surface area (Å²) in [5.74, 6) is 0.994. The van der Waals surface area contributed by atoms with Crippen LogP contribution in [0.1, 0.15) is 25.3 Å². The summed E-state index contributed by atoms with van der Waals surface area (Å²) >= 11 is 0. The Kier molecular flexibility index (Phi) is 5.63. The molecule has 0 heterocycles. The lowest BCUT2D eigenvalue weighted by Crippen LogP contribution is -2.14. The molecule has 2 heteroatoms. The van der Waals surface area contributed by atoms with Crippen LogP contribution in [0.3, 0.4) is 0 Å². The molecule has 0 aromatic heterocycles. The molecular weight excluding hydrogens is 246 g/mol. The lowest BCUT2D eigenvalue weighted by atomic mass is 10.0. The molecule has 2 aromatic carbocycles. The molecule has 0 radical (unpaired) electrons. The van der Waals surface area contributed by atoms with Gasteiger partial charge in [-0.25, -0.2) is 0 Å². The van der Waals surface area contributed by atoms with E-state index in [9.17, 15) is 0 Å². The number of fused-ring (bicyclic) bond motifs is 1. The van der Waals surface area contributed by atoms with Gasteiger partial charge in [0.2, 0.25) is 0 Å². The van der Waals surface area contributed by atoms with E-state index in [2.05, 4.69) is 55.2 Å². The Hall–Kier alpha value is -1.80. The van der Waals surface area contributed by atoms with Gasteiger partial charge in [-0.15, -0.1) is 6.58 Å². The number of hydrogen-bond donors (Lipinski definition) is 1. The summed E-state index contributed by atoms with van der Waals surface area (Å²) in [5, 5.41) is 5.89. The fraction of sp³-hybridized carbons (Fsp3) is 0.333. The third-order valence-electron chi connectivity index (χ3n) is 3.34. The van der Waals surface area contributed by atoms with Crippen molar-refractivity contribution in [2.75, 3.05) is 13.2 Å². The van der Waals surface area contributed by atoms with E-state index in [1.165, 1.54) is 16.3 Å². The van der Waals surface area contributed by atoms with Crippen LogP contribution in [0.4, 0.5) is 0 Å². The summed E-state index contributed by atoms with van der Waals surface area (Å²) in [6.45, 7) is 8.31. The summed E-state index contributed by atoms with van der Waals surface area (Å²) in [4.78, 5) is 0. The van der Waals surface area contributed by atoms with Crippen molar-refractivity contribution in [3.8, 4) is 5.75 Å². The average Bonchev–Trinajstić information content (AvgIpc) is 2.49. The highest BCUT2D eigenvalue weighted by Gasteiger charge is 2.08. The van der Waals surface area contributed by atoms with Crippen molar-refractivity contribution < 1.29 is 4.74 Å². The second-order valence-electron chi connectivity index (χ2n) is 4.88. The fourth-order valence-corrected chi connectivity index (χ4v) is 2.26. The van der Waals surface area contributed by atoms with Crippen LogP contribution < -0.4 is 10.1 Å². The second kappa shape index (κ2) is 7.71. The summed E-state index contributed by atoms with van der Waals surface area (Å²) < 4.78 is 5.95. The van der Waals surface area contributed by atoms with E-state index >= 15 is 0 Å². The maximum Gasteiger partial charge on any atom is 0.124 e. The quantitative estimate of drug-likeness (QED) is 0.570. The first-order valence-electron chi connectivity index (χ1n) is 7.32. The zero-order valence-electron chi connectivity index (χ0n) is 12.2. The van der Waals surface area contributed by atoms with Crippen molar-refractivity contribution in [3.63, 3.8) is 0 Å². The molecule has 0 saturated heterocycles. The molecule has 1 N–H and O–H groups in total. The number of nitrogens with one attached hydrogen (secondary N) is 1. The molecule has 0 aliphatic carbocycles. The smallest absolute Gasteiger partial charge is 0.124 e. The molecule has 0 amide bonds. The van der Waals surface area contributed by atoms with E-state index in [4.69, 9.17) is 4.74 Å². The molecule has 0 unspecified atom stereocenters. The third kappa shape index (κ3) is 3.61. The Morgan fingerprint density at radius 1 is 1.20 bits per heavy atom. The standard InChI is InChI=1S/C18H23NO/c1-3-5-13-20-18-11-10-15-8-6-7-9-16(15)17(18)14-19-12-4-2/h4,6-11,19H,2-3,5,12-14H2,1H3. The number of hydrogen-bond acceptors (Lipinski definition) is 2. The zero-order valence-corrected chi connectivity index (χ0v) is 12.2. The van der Waals surface area contributed by atoms with Gasteiger partial charge in [-0.2, -0.15) is 0 Å². The van der Waals surface area contributed by atoms with Crippen LogP contribution in [-0.4, -0.2) is 13.2 Å². The molecule has 0 fully saturated rings. The highest BCUT2D eigenvalue weighted by atomic mass is 16.5. The van der Waals surface area contributed by atoms with Crippen LogP contribution in [0, 0.1) is 0 Å². The maximum absolute atomic E-state index is 5.95. The number of rotatable bonds is 8. The van der Waals surface area contributed by atoms with E-state index in [0.29, 0.717) is 0 Å². The van der Waals surface area contributed by atoms with Crippen LogP contribution in [0.15, 0.2) is 49.1 Å². The zero-order chi connectivity index (χ0) is 14.2. The molecule has 2 rings (SSSR count). The molecular formula is C18H23NO. The van der Waals surface area contributed by atoms with Gasteiger partial charge in [-0.1, -0.05) is 49.8 Å². The van der Waals surface area contributed by atoms with Gasteiger partial charge in [0.05, 0.1) is 6.61 Å². The second-order valence-corrected chi connectivity index (χ2v) is 4.88. The van der Waals surface area contributed by atoms with E-state index < -0.39 is 0 Å². The summed E-state index contributed by atoms with van der Waals surface area (Å²) in [7, 11) is 0. The van der Waals surface area contributed by atoms with Gasteiger partial charge in [-0.05, 0) is 23.3 Å². The average molecular weight is 269 g/mol.